The highest BCUT2D eigenvalue weighted by Gasteiger charge is 2.05. The van der Waals surface area contributed by atoms with Crippen molar-refractivity contribution < 1.29 is 0 Å². The highest BCUT2D eigenvalue weighted by molar-refractivity contribution is 14.0. The molecule has 1 aromatic carbocycles. The van der Waals surface area contributed by atoms with Gasteiger partial charge in [0.1, 0.15) is 0 Å². The number of guanidine groups is 1. The Kier molecular flexibility index (Phi) is 7.78. The Hall–Kier alpha value is -2.42. The molecule has 0 saturated carbocycles. The van der Waals surface area contributed by atoms with Gasteiger partial charge < -0.3 is 10.6 Å². The van der Waals surface area contributed by atoms with Crippen molar-refractivity contribution in [2.45, 2.75) is 26.9 Å². The fraction of sp³-hybridized carbons (Fsp3) is 0.250. The van der Waals surface area contributed by atoms with Crippen molar-refractivity contribution >= 4 is 29.9 Å². The molecule has 142 valence electrons. The summed E-state index contributed by atoms with van der Waals surface area (Å²) in [6.45, 7) is 5.39. The Balaban J connectivity index is 0.00000261. The first-order valence-corrected chi connectivity index (χ1v) is 8.63. The number of nitrogens with zero attached hydrogens (tertiary/aromatic N) is 4. The van der Waals surface area contributed by atoms with Crippen LogP contribution in [0.4, 0.5) is 0 Å². The molecule has 0 radical (unpaired) electrons. The van der Waals surface area contributed by atoms with Gasteiger partial charge in [-0.2, -0.15) is 5.10 Å². The summed E-state index contributed by atoms with van der Waals surface area (Å²) < 4.78 is 1.85. The molecule has 0 amide bonds. The number of pyridine rings is 1. The highest BCUT2D eigenvalue weighted by Crippen LogP contribution is 2.10. The van der Waals surface area contributed by atoms with Gasteiger partial charge in [0.25, 0.3) is 0 Å². The van der Waals surface area contributed by atoms with Crippen molar-refractivity contribution in [3.05, 3.63) is 77.2 Å². The van der Waals surface area contributed by atoms with Gasteiger partial charge in [0, 0.05) is 32.0 Å². The van der Waals surface area contributed by atoms with Crippen LogP contribution in [0.15, 0.2) is 59.7 Å². The maximum absolute atomic E-state index is 4.52. The summed E-state index contributed by atoms with van der Waals surface area (Å²) in [5.74, 6) is 1.59. The first kappa shape index (κ1) is 20.9. The Morgan fingerprint density at radius 2 is 1.70 bits per heavy atom. The average Bonchev–Trinajstić information content (AvgIpc) is 3.01. The quantitative estimate of drug-likeness (QED) is 0.337. The summed E-state index contributed by atoms with van der Waals surface area (Å²) in [7, 11) is 1.77. The molecule has 3 aromatic rings. The van der Waals surface area contributed by atoms with Crippen LogP contribution in [0.3, 0.4) is 0 Å². The number of hydrogen-bond donors (Lipinski definition) is 2. The lowest BCUT2D eigenvalue weighted by Crippen LogP contribution is -2.36. The lowest BCUT2D eigenvalue weighted by molar-refractivity contribution is 0.790. The van der Waals surface area contributed by atoms with E-state index in [1.165, 1.54) is 5.56 Å². The molecule has 7 heteroatoms. The van der Waals surface area contributed by atoms with Gasteiger partial charge in [-0.25, -0.2) is 9.67 Å². The number of nitrogens with one attached hydrogen (secondary N) is 2. The van der Waals surface area contributed by atoms with E-state index in [1.807, 2.05) is 55.1 Å². The maximum atomic E-state index is 4.52. The Morgan fingerprint density at radius 3 is 2.26 bits per heavy atom. The molecule has 27 heavy (non-hydrogen) atoms. The van der Waals surface area contributed by atoms with Crippen molar-refractivity contribution in [2.24, 2.45) is 4.99 Å². The van der Waals surface area contributed by atoms with E-state index >= 15 is 0 Å². The molecule has 2 aromatic heterocycles. The van der Waals surface area contributed by atoms with Gasteiger partial charge in [0.15, 0.2) is 11.8 Å². The Morgan fingerprint density at radius 1 is 1.00 bits per heavy atom. The van der Waals surface area contributed by atoms with E-state index in [9.17, 15) is 0 Å². The molecule has 0 saturated heterocycles. The monoisotopic (exact) mass is 476 g/mol. The molecular formula is C20H25IN6. The molecule has 0 atom stereocenters. The first-order chi connectivity index (χ1) is 12.7. The fourth-order valence-corrected chi connectivity index (χ4v) is 2.70. The summed E-state index contributed by atoms with van der Waals surface area (Å²) in [4.78, 5) is 8.78. The van der Waals surface area contributed by atoms with E-state index in [0.717, 1.165) is 35.3 Å². The topological polar surface area (TPSA) is 67.1 Å². The van der Waals surface area contributed by atoms with E-state index < -0.39 is 0 Å². The smallest absolute Gasteiger partial charge is 0.191 e. The summed E-state index contributed by atoms with van der Waals surface area (Å²) in [5.41, 5.74) is 4.36. The van der Waals surface area contributed by atoms with Crippen LogP contribution in [0.5, 0.6) is 0 Å². The van der Waals surface area contributed by atoms with E-state index in [2.05, 4.69) is 43.9 Å². The lowest BCUT2D eigenvalue weighted by atomic mass is 10.2. The van der Waals surface area contributed by atoms with Crippen LogP contribution >= 0.6 is 24.0 Å². The van der Waals surface area contributed by atoms with Crippen LogP contribution in [0.1, 0.15) is 22.5 Å². The summed E-state index contributed by atoms with van der Waals surface area (Å²) in [6.07, 6.45) is 1.86. The zero-order valence-electron chi connectivity index (χ0n) is 15.8. The van der Waals surface area contributed by atoms with Gasteiger partial charge in [-0.05, 0) is 37.1 Å². The Bertz CT molecular complexity index is 871. The molecule has 0 spiro atoms. The largest absolute Gasteiger partial charge is 0.352 e. The average molecular weight is 476 g/mol. The number of rotatable bonds is 5. The molecular weight excluding hydrogens is 451 g/mol. The van der Waals surface area contributed by atoms with E-state index in [0.29, 0.717) is 6.54 Å². The van der Waals surface area contributed by atoms with Gasteiger partial charge in [0.2, 0.25) is 0 Å². The van der Waals surface area contributed by atoms with Crippen molar-refractivity contribution in [2.75, 3.05) is 7.05 Å². The molecule has 0 aliphatic rings. The van der Waals surface area contributed by atoms with Crippen molar-refractivity contribution in [1.29, 1.82) is 0 Å². The number of halogens is 1. The van der Waals surface area contributed by atoms with E-state index in [4.69, 9.17) is 0 Å². The maximum Gasteiger partial charge on any atom is 0.191 e. The van der Waals surface area contributed by atoms with Crippen molar-refractivity contribution in [1.82, 2.24) is 25.4 Å². The molecule has 2 N–H and O–H groups in total. The Labute approximate surface area is 177 Å². The minimum atomic E-state index is 0. The predicted molar refractivity (Wildman–Crippen MR) is 120 cm³/mol. The molecule has 0 aliphatic heterocycles. The molecule has 0 fully saturated rings. The number of benzene rings is 1. The van der Waals surface area contributed by atoms with Gasteiger partial charge in [-0.1, -0.05) is 36.4 Å². The summed E-state index contributed by atoms with van der Waals surface area (Å²) in [5, 5.41) is 11.1. The van der Waals surface area contributed by atoms with Crippen LogP contribution in [-0.2, 0) is 13.1 Å². The third-order valence-electron chi connectivity index (χ3n) is 4.02. The zero-order valence-corrected chi connectivity index (χ0v) is 18.1. The van der Waals surface area contributed by atoms with E-state index in [-0.39, 0.29) is 24.0 Å². The molecule has 6 nitrogen and oxygen atoms in total. The second-order valence-electron chi connectivity index (χ2n) is 6.13. The minimum Gasteiger partial charge on any atom is -0.352 e. The third kappa shape index (κ3) is 5.78. The molecule has 0 bridgehead atoms. The fourth-order valence-electron chi connectivity index (χ4n) is 2.70. The van der Waals surface area contributed by atoms with Crippen LogP contribution in [0, 0.1) is 13.8 Å². The number of aromatic nitrogens is 3. The van der Waals surface area contributed by atoms with Crippen LogP contribution in [0.2, 0.25) is 0 Å². The molecule has 0 aliphatic carbocycles. The van der Waals surface area contributed by atoms with Gasteiger partial charge in [-0.3, -0.25) is 4.99 Å². The number of hydrogen-bond acceptors (Lipinski definition) is 3. The second kappa shape index (κ2) is 10.1. The SMILES string of the molecule is CN=C(NCc1ccccc1)NCc1ccc(-n2nc(C)cc2C)nc1.I. The zero-order chi connectivity index (χ0) is 18.4. The second-order valence-corrected chi connectivity index (χ2v) is 6.13. The van der Waals surface area contributed by atoms with Gasteiger partial charge >= 0.3 is 0 Å². The number of aliphatic imine (C=N–C) groups is 1. The normalized spacial score (nSPS) is 11.0. The molecule has 3 rings (SSSR count). The number of aryl methyl sites for hydroxylation is 2. The lowest BCUT2D eigenvalue weighted by Gasteiger charge is -2.12. The standard InChI is InChI=1S/C20H24N6.HI/c1-15-11-16(2)26(25-15)19-10-9-18(13-22-19)14-24-20(21-3)23-12-17-7-5-4-6-8-17;/h4-11,13H,12,14H2,1-3H3,(H2,21,23,24);1H. The minimum absolute atomic E-state index is 0. The molecule has 2 heterocycles. The van der Waals surface area contributed by atoms with Crippen molar-refractivity contribution in [3.8, 4) is 5.82 Å². The van der Waals surface area contributed by atoms with Gasteiger partial charge in [-0.15, -0.1) is 24.0 Å². The van der Waals surface area contributed by atoms with Crippen molar-refractivity contribution in [3.63, 3.8) is 0 Å². The molecule has 0 unspecified atom stereocenters. The third-order valence-corrected chi connectivity index (χ3v) is 4.02. The van der Waals surface area contributed by atoms with Crippen LogP contribution < -0.4 is 10.6 Å². The van der Waals surface area contributed by atoms with Gasteiger partial charge in [0.05, 0.1) is 5.69 Å². The first-order valence-electron chi connectivity index (χ1n) is 8.63. The summed E-state index contributed by atoms with van der Waals surface area (Å²) in [6, 6.07) is 16.3. The summed E-state index contributed by atoms with van der Waals surface area (Å²) >= 11 is 0. The van der Waals surface area contributed by atoms with Crippen LogP contribution in [0.25, 0.3) is 5.82 Å². The van der Waals surface area contributed by atoms with E-state index in [1.54, 1.807) is 7.05 Å². The predicted octanol–water partition coefficient (Wildman–Crippen LogP) is 3.37. The highest BCUT2D eigenvalue weighted by atomic mass is 127. The van der Waals surface area contributed by atoms with Crippen LogP contribution in [-0.4, -0.2) is 27.8 Å².